The lowest BCUT2D eigenvalue weighted by Crippen LogP contribution is -2.46. The molecule has 2 heterocycles. The summed E-state index contributed by atoms with van der Waals surface area (Å²) in [5, 5.41) is 0. The SMILES string of the molecule is COc1ccc2c(c1)CN(Cc1cccc(OC)c1OC)CC1(CCCN(C)CC1)O2. The molecule has 6 nitrogen and oxygen atoms in total. The van der Waals surface area contributed by atoms with Gasteiger partial charge in [-0.05, 0) is 50.7 Å². The van der Waals surface area contributed by atoms with E-state index in [0.717, 1.165) is 86.1 Å². The standard InChI is InChI=1S/C25H34N2O4/c1-26-13-6-11-25(12-14-26)18-27(16-19-7-5-8-23(29-3)24(19)30-4)17-20-15-21(28-2)9-10-22(20)31-25/h5,7-10,15H,6,11-14,16-18H2,1-4H3. The third-order valence-electron chi connectivity index (χ3n) is 6.50. The fourth-order valence-corrected chi connectivity index (χ4v) is 4.87. The van der Waals surface area contributed by atoms with Gasteiger partial charge in [-0.3, -0.25) is 4.90 Å². The van der Waals surface area contributed by atoms with Gasteiger partial charge in [0.15, 0.2) is 11.5 Å². The van der Waals surface area contributed by atoms with E-state index in [1.807, 2.05) is 18.2 Å². The Labute approximate surface area is 185 Å². The number of methoxy groups -OCH3 is 3. The Morgan fingerprint density at radius 1 is 1.00 bits per heavy atom. The zero-order chi connectivity index (χ0) is 21.8. The van der Waals surface area contributed by atoms with Crippen molar-refractivity contribution in [2.45, 2.75) is 38.0 Å². The molecule has 4 rings (SSSR count). The number of ether oxygens (including phenoxy) is 4. The maximum atomic E-state index is 6.80. The van der Waals surface area contributed by atoms with Crippen LogP contribution in [-0.4, -0.2) is 63.4 Å². The summed E-state index contributed by atoms with van der Waals surface area (Å²) in [5.41, 5.74) is 2.08. The minimum absolute atomic E-state index is 0.198. The van der Waals surface area contributed by atoms with Gasteiger partial charge >= 0.3 is 0 Å². The Balaban J connectivity index is 1.69. The van der Waals surface area contributed by atoms with E-state index in [0.29, 0.717) is 0 Å². The minimum atomic E-state index is -0.198. The molecule has 0 aromatic heterocycles. The Morgan fingerprint density at radius 3 is 2.65 bits per heavy atom. The Morgan fingerprint density at radius 2 is 1.87 bits per heavy atom. The first kappa shape index (κ1) is 21.8. The third-order valence-corrected chi connectivity index (χ3v) is 6.50. The molecule has 1 atom stereocenters. The summed E-state index contributed by atoms with van der Waals surface area (Å²) in [4.78, 5) is 4.89. The van der Waals surface area contributed by atoms with Crippen molar-refractivity contribution >= 4 is 0 Å². The van der Waals surface area contributed by atoms with Crippen molar-refractivity contribution in [1.82, 2.24) is 9.80 Å². The number of benzene rings is 2. The van der Waals surface area contributed by atoms with E-state index < -0.39 is 0 Å². The lowest BCUT2D eigenvalue weighted by molar-refractivity contribution is 0.0219. The van der Waals surface area contributed by atoms with E-state index in [-0.39, 0.29) is 5.60 Å². The molecule has 2 aromatic rings. The highest BCUT2D eigenvalue weighted by atomic mass is 16.5. The average molecular weight is 427 g/mol. The molecule has 1 spiro atoms. The molecule has 1 fully saturated rings. The number of rotatable bonds is 5. The molecule has 168 valence electrons. The molecule has 0 bridgehead atoms. The van der Waals surface area contributed by atoms with E-state index in [1.165, 1.54) is 0 Å². The number of fused-ring (bicyclic) bond motifs is 1. The lowest BCUT2D eigenvalue weighted by atomic mass is 9.93. The molecule has 0 saturated carbocycles. The highest BCUT2D eigenvalue weighted by Gasteiger charge is 2.39. The van der Waals surface area contributed by atoms with Gasteiger partial charge in [0.25, 0.3) is 0 Å². The molecule has 1 saturated heterocycles. The third kappa shape index (κ3) is 4.75. The summed E-state index contributed by atoms with van der Waals surface area (Å²) in [7, 11) is 7.30. The molecular formula is C25H34N2O4. The molecule has 2 aromatic carbocycles. The van der Waals surface area contributed by atoms with Gasteiger partial charge in [-0.2, -0.15) is 0 Å². The summed E-state index contributed by atoms with van der Waals surface area (Å²) in [6.45, 7) is 4.59. The Kier molecular flexibility index (Phi) is 6.58. The van der Waals surface area contributed by atoms with Gasteiger partial charge in [-0.1, -0.05) is 12.1 Å². The second-order valence-corrected chi connectivity index (χ2v) is 8.71. The first-order valence-electron chi connectivity index (χ1n) is 11.0. The number of hydrogen-bond acceptors (Lipinski definition) is 6. The Bertz CT molecular complexity index is 903. The van der Waals surface area contributed by atoms with Crippen molar-refractivity contribution in [2.75, 3.05) is 48.0 Å². The number of likely N-dealkylation sites (tertiary alicyclic amines) is 1. The van der Waals surface area contributed by atoms with E-state index in [1.54, 1.807) is 21.3 Å². The first-order chi connectivity index (χ1) is 15.1. The van der Waals surface area contributed by atoms with E-state index >= 15 is 0 Å². The molecule has 0 radical (unpaired) electrons. The topological polar surface area (TPSA) is 43.4 Å². The number of hydrogen-bond donors (Lipinski definition) is 0. The fourth-order valence-electron chi connectivity index (χ4n) is 4.87. The molecule has 31 heavy (non-hydrogen) atoms. The summed E-state index contributed by atoms with van der Waals surface area (Å²) in [6.07, 6.45) is 3.20. The summed E-state index contributed by atoms with van der Waals surface area (Å²) >= 11 is 0. The van der Waals surface area contributed by atoms with Crippen LogP contribution in [0.15, 0.2) is 36.4 Å². The maximum Gasteiger partial charge on any atom is 0.165 e. The molecule has 2 aliphatic heterocycles. The summed E-state index contributed by atoms with van der Waals surface area (Å²) < 4.78 is 23.5. The summed E-state index contributed by atoms with van der Waals surface area (Å²) in [6, 6.07) is 12.3. The average Bonchev–Trinajstić information content (AvgIpc) is 3.05. The van der Waals surface area contributed by atoms with Crippen molar-refractivity contribution in [2.24, 2.45) is 0 Å². The van der Waals surface area contributed by atoms with Crippen LogP contribution < -0.4 is 18.9 Å². The van der Waals surface area contributed by atoms with Gasteiger partial charge in [-0.25, -0.2) is 0 Å². The van der Waals surface area contributed by atoms with Crippen molar-refractivity contribution in [3.8, 4) is 23.0 Å². The van der Waals surface area contributed by atoms with Gasteiger partial charge < -0.3 is 23.8 Å². The largest absolute Gasteiger partial charge is 0.497 e. The Hall–Kier alpha value is -2.44. The second-order valence-electron chi connectivity index (χ2n) is 8.71. The molecule has 2 aliphatic rings. The summed E-state index contributed by atoms with van der Waals surface area (Å²) in [5.74, 6) is 3.40. The van der Waals surface area contributed by atoms with Crippen molar-refractivity contribution in [3.05, 3.63) is 47.5 Å². The molecule has 0 amide bonds. The van der Waals surface area contributed by atoms with Crippen LogP contribution in [0.5, 0.6) is 23.0 Å². The van der Waals surface area contributed by atoms with Crippen LogP contribution in [-0.2, 0) is 13.1 Å². The van der Waals surface area contributed by atoms with Crippen molar-refractivity contribution in [1.29, 1.82) is 0 Å². The van der Waals surface area contributed by atoms with E-state index in [2.05, 4.69) is 35.0 Å². The first-order valence-corrected chi connectivity index (χ1v) is 11.0. The number of para-hydroxylation sites is 1. The van der Waals surface area contributed by atoms with Crippen LogP contribution in [0.25, 0.3) is 0 Å². The zero-order valence-electron chi connectivity index (χ0n) is 19.1. The monoisotopic (exact) mass is 426 g/mol. The highest BCUT2D eigenvalue weighted by molar-refractivity contribution is 5.47. The smallest absolute Gasteiger partial charge is 0.165 e. The van der Waals surface area contributed by atoms with Crippen LogP contribution in [0.3, 0.4) is 0 Å². The van der Waals surface area contributed by atoms with Gasteiger partial charge in [0.2, 0.25) is 0 Å². The predicted molar refractivity (Wildman–Crippen MR) is 121 cm³/mol. The van der Waals surface area contributed by atoms with Crippen LogP contribution in [0.2, 0.25) is 0 Å². The van der Waals surface area contributed by atoms with E-state index in [9.17, 15) is 0 Å². The van der Waals surface area contributed by atoms with Crippen molar-refractivity contribution in [3.63, 3.8) is 0 Å². The van der Waals surface area contributed by atoms with Crippen molar-refractivity contribution < 1.29 is 18.9 Å². The van der Waals surface area contributed by atoms with E-state index in [4.69, 9.17) is 18.9 Å². The highest BCUT2D eigenvalue weighted by Crippen LogP contribution is 2.39. The van der Waals surface area contributed by atoms with Gasteiger partial charge in [-0.15, -0.1) is 0 Å². The predicted octanol–water partition coefficient (Wildman–Crippen LogP) is 3.96. The van der Waals surface area contributed by atoms with Crippen LogP contribution in [0.1, 0.15) is 30.4 Å². The second kappa shape index (κ2) is 9.37. The van der Waals surface area contributed by atoms with Crippen LogP contribution in [0, 0.1) is 0 Å². The van der Waals surface area contributed by atoms with Crippen LogP contribution in [0.4, 0.5) is 0 Å². The quantitative estimate of drug-likeness (QED) is 0.721. The minimum Gasteiger partial charge on any atom is -0.497 e. The molecule has 0 aliphatic carbocycles. The molecular weight excluding hydrogens is 392 g/mol. The normalized spacial score (nSPS) is 22.2. The molecule has 6 heteroatoms. The van der Waals surface area contributed by atoms with Gasteiger partial charge in [0, 0.05) is 43.7 Å². The zero-order valence-corrected chi connectivity index (χ0v) is 19.1. The van der Waals surface area contributed by atoms with Gasteiger partial charge in [0.05, 0.1) is 21.3 Å². The molecule has 0 N–H and O–H groups in total. The fraction of sp³-hybridized carbons (Fsp3) is 0.520. The maximum absolute atomic E-state index is 6.80. The molecule has 1 unspecified atom stereocenters. The van der Waals surface area contributed by atoms with Crippen LogP contribution >= 0.6 is 0 Å². The lowest BCUT2D eigenvalue weighted by Gasteiger charge is -2.36. The van der Waals surface area contributed by atoms with Gasteiger partial charge in [0.1, 0.15) is 17.1 Å². The number of nitrogens with zero attached hydrogens (tertiary/aromatic N) is 2.